The topological polar surface area (TPSA) is 101 Å². The number of hydrogen-bond donors (Lipinski definition) is 3. The fourth-order valence-electron chi connectivity index (χ4n) is 4.39. The van der Waals surface area contributed by atoms with E-state index in [-0.39, 0.29) is 43.0 Å². The van der Waals surface area contributed by atoms with Crippen molar-refractivity contribution in [2.24, 2.45) is 4.99 Å². The van der Waals surface area contributed by atoms with Crippen molar-refractivity contribution in [1.82, 2.24) is 15.1 Å². The van der Waals surface area contributed by atoms with Crippen molar-refractivity contribution in [1.29, 1.82) is 5.41 Å². The molecule has 1 aromatic rings. The molecule has 10 heteroatoms. The fourth-order valence-corrected chi connectivity index (χ4v) is 4.48. The highest BCUT2D eigenvalue weighted by molar-refractivity contribution is 6.43. The van der Waals surface area contributed by atoms with Gasteiger partial charge in [-0.25, -0.2) is 9.38 Å². The van der Waals surface area contributed by atoms with Gasteiger partial charge in [0.2, 0.25) is 0 Å². The predicted molar refractivity (Wildman–Crippen MR) is 129 cm³/mol. The number of piperidine rings is 1. The third-order valence-electron chi connectivity index (χ3n) is 6.29. The Kier molecular flexibility index (Phi) is 7.35. The Balaban J connectivity index is 1.51. The number of likely N-dealkylation sites (tertiary alicyclic amines) is 2. The van der Waals surface area contributed by atoms with E-state index in [0.29, 0.717) is 34.4 Å². The molecular formula is C24H29ClFN5O3. The fraction of sp³-hybridized carbons (Fsp3) is 0.458. The Morgan fingerprint density at radius 3 is 2.74 bits per heavy atom. The van der Waals surface area contributed by atoms with Gasteiger partial charge in [-0.05, 0) is 38.8 Å². The van der Waals surface area contributed by atoms with Gasteiger partial charge in [0.05, 0.1) is 41.7 Å². The first kappa shape index (κ1) is 24.4. The average Bonchev–Trinajstić information content (AvgIpc) is 3.20. The first-order valence-corrected chi connectivity index (χ1v) is 11.7. The highest BCUT2D eigenvalue weighted by Crippen LogP contribution is 2.29. The van der Waals surface area contributed by atoms with Gasteiger partial charge in [-0.1, -0.05) is 11.6 Å². The van der Waals surface area contributed by atoms with Gasteiger partial charge in [0.15, 0.2) is 0 Å². The van der Waals surface area contributed by atoms with Crippen molar-refractivity contribution in [2.75, 3.05) is 39.3 Å². The summed E-state index contributed by atoms with van der Waals surface area (Å²) in [5, 5.41) is 21.2. The number of halogens is 2. The van der Waals surface area contributed by atoms with E-state index in [4.69, 9.17) is 26.9 Å². The molecule has 34 heavy (non-hydrogen) atoms. The summed E-state index contributed by atoms with van der Waals surface area (Å²) in [6.07, 6.45) is 1.32. The van der Waals surface area contributed by atoms with Crippen LogP contribution in [0.5, 0.6) is 5.75 Å². The summed E-state index contributed by atoms with van der Waals surface area (Å²) in [6.45, 7) is 6.24. The first-order valence-electron chi connectivity index (χ1n) is 11.4. The summed E-state index contributed by atoms with van der Waals surface area (Å²) in [4.78, 5) is 21.5. The lowest BCUT2D eigenvalue weighted by atomic mass is 10.1. The summed E-state index contributed by atoms with van der Waals surface area (Å²) in [7, 11) is 0. The molecule has 1 aromatic carbocycles. The van der Waals surface area contributed by atoms with E-state index in [1.165, 1.54) is 23.1 Å². The quantitative estimate of drug-likeness (QED) is 0.590. The monoisotopic (exact) mass is 489 g/mol. The second kappa shape index (κ2) is 10.2. The Hall–Kier alpha value is -2.75. The SMILES string of the molecule is CC1=N/C(=C2\CN(C(=O)c3ccc(F)cc3OC3CCN(CCO)CC3)CC2=N)NC(C)=C1Cl. The molecule has 0 spiro atoms. The van der Waals surface area contributed by atoms with Crippen molar-refractivity contribution >= 4 is 28.9 Å². The Morgan fingerprint density at radius 1 is 1.32 bits per heavy atom. The van der Waals surface area contributed by atoms with Gasteiger partial charge in [-0.2, -0.15) is 0 Å². The maximum atomic E-state index is 14.1. The molecule has 3 aliphatic heterocycles. The Morgan fingerprint density at radius 2 is 2.06 bits per heavy atom. The van der Waals surface area contributed by atoms with E-state index >= 15 is 0 Å². The minimum atomic E-state index is -0.475. The minimum Gasteiger partial charge on any atom is -0.489 e. The van der Waals surface area contributed by atoms with Crippen LogP contribution in [0.15, 0.2) is 45.3 Å². The van der Waals surface area contributed by atoms with Crippen molar-refractivity contribution in [2.45, 2.75) is 32.8 Å². The maximum Gasteiger partial charge on any atom is 0.258 e. The molecule has 0 aromatic heterocycles. The number of carbonyl (C=O) groups is 1. The van der Waals surface area contributed by atoms with Gasteiger partial charge < -0.3 is 30.4 Å². The molecule has 0 saturated carbocycles. The summed E-state index contributed by atoms with van der Waals surface area (Å²) in [5.41, 5.74) is 2.58. The molecule has 3 heterocycles. The average molecular weight is 490 g/mol. The number of benzene rings is 1. The molecule has 0 aliphatic carbocycles. The van der Waals surface area contributed by atoms with Gasteiger partial charge in [0.1, 0.15) is 23.5 Å². The molecule has 0 bridgehead atoms. The largest absolute Gasteiger partial charge is 0.489 e. The lowest BCUT2D eigenvalue weighted by Gasteiger charge is -2.32. The first-order chi connectivity index (χ1) is 16.3. The number of nitrogens with zero attached hydrogens (tertiary/aromatic N) is 3. The van der Waals surface area contributed by atoms with E-state index in [9.17, 15) is 9.18 Å². The van der Waals surface area contributed by atoms with Crippen LogP contribution >= 0.6 is 11.6 Å². The molecule has 8 nitrogen and oxygen atoms in total. The van der Waals surface area contributed by atoms with Gasteiger partial charge in [0.25, 0.3) is 5.91 Å². The smallest absolute Gasteiger partial charge is 0.258 e. The second-order valence-corrected chi connectivity index (χ2v) is 9.13. The molecule has 2 fully saturated rings. The van der Waals surface area contributed by atoms with Crippen LogP contribution in [0.4, 0.5) is 4.39 Å². The van der Waals surface area contributed by atoms with Crippen LogP contribution in [0.2, 0.25) is 0 Å². The summed E-state index contributed by atoms with van der Waals surface area (Å²) >= 11 is 6.21. The van der Waals surface area contributed by atoms with Crippen molar-refractivity contribution < 1.29 is 19.0 Å². The van der Waals surface area contributed by atoms with Gasteiger partial charge in [0, 0.05) is 37.0 Å². The van der Waals surface area contributed by atoms with Crippen molar-refractivity contribution in [3.05, 3.63) is 51.7 Å². The predicted octanol–water partition coefficient (Wildman–Crippen LogP) is 2.88. The van der Waals surface area contributed by atoms with E-state index < -0.39 is 5.82 Å². The number of aliphatic imine (C=N–C) groups is 1. The maximum absolute atomic E-state index is 14.1. The summed E-state index contributed by atoms with van der Waals surface area (Å²) < 4.78 is 20.1. The molecule has 0 unspecified atom stereocenters. The van der Waals surface area contributed by atoms with Crippen LogP contribution in [-0.4, -0.2) is 77.7 Å². The number of aliphatic hydroxyl groups excluding tert-OH is 1. The van der Waals surface area contributed by atoms with Crippen LogP contribution in [0, 0.1) is 11.2 Å². The zero-order valence-electron chi connectivity index (χ0n) is 19.3. The molecular weight excluding hydrogens is 461 g/mol. The number of carbonyl (C=O) groups excluding carboxylic acids is 1. The molecule has 4 rings (SSSR count). The van der Waals surface area contributed by atoms with E-state index in [0.717, 1.165) is 31.6 Å². The van der Waals surface area contributed by atoms with Gasteiger partial charge in [-0.15, -0.1) is 0 Å². The number of allylic oxidation sites excluding steroid dienone is 2. The molecule has 1 amide bonds. The number of hydrogen-bond acceptors (Lipinski definition) is 7. The minimum absolute atomic E-state index is 0.111. The number of ether oxygens (including phenoxy) is 1. The Labute approximate surface area is 203 Å². The van der Waals surface area contributed by atoms with Crippen LogP contribution in [0.3, 0.4) is 0 Å². The molecule has 182 valence electrons. The third kappa shape index (κ3) is 5.16. The number of amides is 1. The van der Waals surface area contributed by atoms with Gasteiger partial charge >= 0.3 is 0 Å². The van der Waals surface area contributed by atoms with Crippen molar-refractivity contribution in [3.63, 3.8) is 0 Å². The van der Waals surface area contributed by atoms with E-state index in [2.05, 4.69) is 15.2 Å². The molecule has 2 saturated heterocycles. The van der Waals surface area contributed by atoms with Crippen LogP contribution in [-0.2, 0) is 0 Å². The van der Waals surface area contributed by atoms with Crippen LogP contribution < -0.4 is 10.1 Å². The zero-order chi connectivity index (χ0) is 24.4. The molecule has 0 atom stereocenters. The lowest BCUT2D eigenvalue weighted by molar-refractivity contribution is 0.0763. The third-order valence-corrected chi connectivity index (χ3v) is 6.84. The second-order valence-electron chi connectivity index (χ2n) is 8.75. The lowest BCUT2D eigenvalue weighted by Crippen LogP contribution is -2.39. The number of aliphatic hydroxyl groups is 1. The summed E-state index contributed by atoms with van der Waals surface area (Å²) in [5.74, 6) is -0.0650. The zero-order valence-corrected chi connectivity index (χ0v) is 20.1. The highest BCUT2D eigenvalue weighted by Gasteiger charge is 2.32. The molecule has 3 N–H and O–H groups in total. The number of β-amino-alcohol motifs (C(OH)–C–C–N with tert-alkyl or cyclic N) is 1. The highest BCUT2D eigenvalue weighted by atomic mass is 35.5. The van der Waals surface area contributed by atoms with E-state index in [1.807, 2.05) is 6.92 Å². The standard InChI is InChI=1S/C24H29ClFN5O3/c1-14-22(25)15(2)29-23(28-14)19-12-31(13-20(19)27)24(33)18-4-3-16(26)11-21(18)34-17-5-7-30(8-6-17)9-10-32/h3-4,11,17,27-28,32H,5-10,12-13H2,1-2H3/b23-19+,27-20?. The number of nitrogens with one attached hydrogen (secondary N) is 2. The number of rotatable bonds is 5. The molecule has 0 radical (unpaired) electrons. The van der Waals surface area contributed by atoms with Crippen molar-refractivity contribution in [3.8, 4) is 5.75 Å². The van der Waals surface area contributed by atoms with Crippen LogP contribution in [0.25, 0.3) is 0 Å². The Bertz CT molecular complexity index is 1090. The summed E-state index contributed by atoms with van der Waals surface area (Å²) in [6, 6.07) is 3.94. The van der Waals surface area contributed by atoms with Gasteiger partial charge in [-0.3, -0.25) is 4.79 Å². The van der Waals surface area contributed by atoms with E-state index in [1.54, 1.807) is 6.92 Å². The normalized spacial score (nSPS) is 22.2. The van der Waals surface area contributed by atoms with Crippen LogP contribution in [0.1, 0.15) is 37.0 Å². The molecule has 3 aliphatic rings.